The average Bonchev–Trinajstić information content (AvgIpc) is 2.42. The Balaban J connectivity index is 2.18. The van der Waals surface area contributed by atoms with Gasteiger partial charge in [0.05, 0.1) is 5.41 Å². The molecule has 2 aromatic carbocycles. The summed E-state index contributed by atoms with van der Waals surface area (Å²) in [6.45, 7) is 3.66. The molecule has 0 aliphatic rings. The molecule has 104 valence electrons. The number of hydrogen-bond donors (Lipinski definition) is 2. The Morgan fingerprint density at radius 3 is 2.15 bits per heavy atom. The highest BCUT2D eigenvalue weighted by Crippen LogP contribution is 2.26. The van der Waals surface area contributed by atoms with E-state index in [1.807, 2.05) is 26.0 Å². The smallest absolute Gasteiger partial charge is 0.234 e. The van der Waals surface area contributed by atoms with Gasteiger partial charge in [0, 0.05) is 11.4 Å². The molecule has 0 atom stereocenters. The molecule has 0 heterocycles. The Labute approximate surface area is 117 Å². The van der Waals surface area contributed by atoms with Gasteiger partial charge in [-0.05, 0) is 55.8 Å². The van der Waals surface area contributed by atoms with E-state index in [4.69, 9.17) is 5.73 Å². The van der Waals surface area contributed by atoms with Crippen molar-refractivity contribution in [2.75, 3.05) is 11.1 Å². The maximum absolute atomic E-state index is 12.8. The van der Waals surface area contributed by atoms with E-state index in [1.165, 1.54) is 24.3 Å². The normalized spacial score (nSPS) is 11.2. The molecule has 2 rings (SSSR count). The lowest BCUT2D eigenvalue weighted by Gasteiger charge is -2.24. The number of halogens is 1. The van der Waals surface area contributed by atoms with Crippen molar-refractivity contribution in [2.45, 2.75) is 19.3 Å². The Bertz CT molecular complexity index is 603. The minimum absolute atomic E-state index is 0.158. The predicted molar refractivity (Wildman–Crippen MR) is 78.9 cm³/mol. The average molecular weight is 272 g/mol. The number of nitrogen functional groups attached to an aromatic ring is 1. The fraction of sp³-hybridized carbons (Fsp3) is 0.188. The zero-order valence-corrected chi connectivity index (χ0v) is 11.5. The fourth-order valence-corrected chi connectivity index (χ4v) is 1.85. The summed E-state index contributed by atoms with van der Waals surface area (Å²) < 4.78 is 12.8. The second kappa shape index (κ2) is 5.33. The van der Waals surface area contributed by atoms with Crippen LogP contribution >= 0.6 is 0 Å². The van der Waals surface area contributed by atoms with Crippen LogP contribution in [0.15, 0.2) is 48.5 Å². The Kier molecular flexibility index (Phi) is 3.74. The van der Waals surface area contributed by atoms with Crippen molar-refractivity contribution in [3.05, 3.63) is 59.9 Å². The molecule has 20 heavy (non-hydrogen) atoms. The van der Waals surface area contributed by atoms with E-state index >= 15 is 0 Å². The summed E-state index contributed by atoms with van der Waals surface area (Å²) >= 11 is 0. The number of benzene rings is 2. The van der Waals surface area contributed by atoms with E-state index < -0.39 is 5.41 Å². The van der Waals surface area contributed by atoms with Crippen LogP contribution in [0.3, 0.4) is 0 Å². The molecule has 0 saturated heterocycles. The molecule has 3 nitrogen and oxygen atoms in total. The highest BCUT2D eigenvalue weighted by atomic mass is 19.1. The van der Waals surface area contributed by atoms with Crippen molar-refractivity contribution < 1.29 is 9.18 Å². The molecule has 0 bridgehead atoms. The first-order chi connectivity index (χ1) is 9.39. The summed E-state index contributed by atoms with van der Waals surface area (Å²) in [5.41, 5.74) is 7.03. The van der Waals surface area contributed by atoms with Gasteiger partial charge in [-0.1, -0.05) is 12.1 Å². The zero-order chi connectivity index (χ0) is 14.8. The van der Waals surface area contributed by atoms with Crippen LogP contribution in [0.25, 0.3) is 0 Å². The SMILES string of the molecule is CC(C)(C(=O)Nc1ccc(F)cc1)c1ccc(N)cc1. The molecule has 4 heteroatoms. The first-order valence-corrected chi connectivity index (χ1v) is 6.32. The van der Waals surface area contributed by atoms with Gasteiger partial charge in [-0.2, -0.15) is 0 Å². The summed E-state index contributed by atoms with van der Waals surface area (Å²) in [4.78, 5) is 12.4. The highest BCUT2D eigenvalue weighted by Gasteiger charge is 2.29. The van der Waals surface area contributed by atoms with Gasteiger partial charge >= 0.3 is 0 Å². The molecule has 1 amide bonds. The van der Waals surface area contributed by atoms with E-state index in [1.54, 1.807) is 12.1 Å². The summed E-state index contributed by atoms with van der Waals surface area (Å²) in [5, 5.41) is 2.79. The maximum atomic E-state index is 12.8. The monoisotopic (exact) mass is 272 g/mol. The van der Waals surface area contributed by atoms with Crippen LogP contribution in [0, 0.1) is 5.82 Å². The van der Waals surface area contributed by atoms with Gasteiger partial charge in [0.2, 0.25) is 5.91 Å². The number of rotatable bonds is 3. The Morgan fingerprint density at radius 1 is 1.05 bits per heavy atom. The molecule has 0 saturated carbocycles. The summed E-state index contributed by atoms with van der Waals surface area (Å²) in [6.07, 6.45) is 0. The lowest BCUT2D eigenvalue weighted by atomic mass is 9.83. The van der Waals surface area contributed by atoms with E-state index in [2.05, 4.69) is 5.32 Å². The van der Waals surface area contributed by atoms with Crippen molar-refractivity contribution in [2.24, 2.45) is 0 Å². The number of carbonyl (C=O) groups excluding carboxylic acids is 1. The molecule has 0 unspecified atom stereocenters. The van der Waals surface area contributed by atoms with Gasteiger partial charge in [-0.3, -0.25) is 4.79 Å². The van der Waals surface area contributed by atoms with Gasteiger partial charge in [-0.25, -0.2) is 4.39 Å². The third kappa shape index (κ3) is 2.96. The Hall–Kier alpha value is -2.36. The van der Waals surface area contributed by atoms with E-state index in [0.717, 1.165) is 5.56 Å². The van der Waals surface area contributed by atoms with E-state index in [9.17, 15) is 9.18 Å². The van der Waals surface area contributed by atoms with Gasteiger partial charge in [0.25, 0.3) is 0 Å². The predicted octanol–water partition coefficient (Wildman–Crippen LogP) is 3.32. The number of nitrogens with one attached hydrogen (secondary N) is 1. The van der Waals surface area contributed by atoms with Crippen LogP contribution in [0.1, 0.15) is 19.4 Å². The third-order valence-electron chi connectivity index (χ3n) is 3.30. The van der Waals surface area contributed by atoms with Crippen LogP contribution in [-0.2, 0) is 10.2 Å². The van der Waals surface area contributed by atoms with Gasteiger partial charge < -0.3 is 11.1 Å². The molecule has 0 aliphatic carbocycles. The van der Waals surface area contributed by atoms with Gasteiger partial charge in [0.15, 0.2) is 0 Å². The summed E-state index contributed by atoms with van der Waals surface area (Å²) in [5.74, 6) is -0.491. The molecular formula is C16H17FN2O. The number of anilines is 2. The lowest BCUT2D eigenvalue weighted by Crippen LogP contribution is -2.34. The number of carbonyl (C=O) groups is 1. The van der Waals surface area contributed by atoms with Crippen LogP contribution < -0.4 is 11.1 Å². The van der Waals surface area contributed by atoms with Crippen molar-refractivity contribution in [3.8, 4) is 0 Å². The van der Waals surface area contributed by atoms with Crippen LogP contribution in [0.5, 0.6) is 0 Å². The molecule has 0 aliphatic heterocycles. The molecule has 0 radical (unpaired) electrons. The molecule has 2 aromatic rings. The van der Waals surface area contributed by atoms with Crippen molar-refractivity contribution in [1.82, 2.24) is 0 Å². The van der Waals surface area contributed by atoms with Crippen molar-refractivity contribution in [1.29, 1.82) is 0 Å². The standard InChI is InChI=1S/C16H17FN2O/c1-16(2,11-3-7-13(18)8-4-11)15(20)19-14-9-5-12(17)6-10-14/h3-10H,18H2,1-2H3,(H,19,20). The van der Waals surface area contributed by atoms with Crippen LogP contribution in [0.2, 0.25) is 0 Å². The second-order valence-electron chi connectivity index (χ2n) is 5.21. The van der Waals surface area contributed by atoms with Gasteiger partial charge in [0.1, 0.15) is 5.82 Å². The minimum atomic E-state index is -0.706. The molecule has 0 fully saturated rings. The summed E-state index contributed by atoms with van der Waals surface area (Å²) in [7, 11) is 0. The minimum Gasteiger partial charge on any atom is -0.399 e. The van der Waals surface area contributed by atoms with Gasteiger partial charge in [-0.15, -0.1) is 0 Å². The largest absolute Gasteiger partial charge is 0.399 e. The molecule has 3 N–H and O–H groups in total. The van der Waals surface area contributed by atoms with Crippen LogP contribution in [-0.4, -0.2) is 5.91 Å². The third-order valence-corrected chi connectivity index (χ3v) is 3.30. The first kappa shape index (κ1) is 14.1. The second-order valence-corrected chi connectivity index (χ2v) is 5.21. The lowest BCUT2D eigenvalue weighted by molar-refractivity contribution is -0.120. The van der Waals surface area contributed by atoms with Crippen LogP contribution in [0.4, 0.5) is 15.8 Å². The topological polar surface area (TPSA) is 55.1 Å². The fourth-order valence-electron chi connectivity index (χ4n) is 1.85. The quantitative estimate of drug-likeness (QED) is 0.842. The van der Waals surface area contributed by atoms with E-state index in [0.29, 0.717) is 11.4 Å². The molecular weight excluding hydrogens is 255 g/mol. The number of hydrogen-bond acceptors (Lipinski definition) is 2. The summed E-state index contributed by atoms with van der Waals surface area (Å²) in [6, 6.07) is 12.9. The zero-order valence-electron chi connectivity index (χ0n) is 11.5. The molecule has 0 aromatic heterocycles. The van der Waals surface area contributed by atoms with Crippen molar-refractivity contribution >= 4 is 17.3 Å². The Morgan fingerprint density at radius 2 is 1.60 bits per heavy atom. The van der Waals surface area contributed by atoms with Crippen molar-refractivity contribution in [3.63, 3.8) is 0 Å². The number of amides is 1. The van der Waals surface area contributed by atoms with E-state index in [-0.39, 0.29) is 11.7 Å². The maximum Gasteiger partial charge on any atom is 0.234 e. The number of nitrogens with two attached hydrogens (primary N) is 1. The highest BCUT2D eigenvalue weighted by molar-refractivity contribution is 5.98. The molecule has 0 spiro atoms. The first-order valence-electron chi connectivity index (χ1n) is 6.32.